The van der Waals surface area contributed by atoms with Gasteiger partial charge >= 0.3 is 0 Å². The van der Waals surface area contributed by atoms with Gasteiger partial charge in [-0.25, -0.2) is 8.42 Å². The van der Waals surface area contributed by atoms with Crippen LogP contribution in [0.25, 0.3) is 0 Å². The molecule has 0 saturated heterocycles. The smallest absolute Gasteiger partial charge is 0.262 e. The van der Waals surface area contributed by atoms with Gasteiger partial charge in [0, 0.05) is 9.35 Å². The van der Waals surface area contributed by atoms with Crippen molar-refractivity contribution in [2.45, 2.75) is 24.2 Å². The molecule has 0 spiro atoms. The van der Waals surface area contributed by atoms with Gasteiger partial charge in [-0.05, 0) is 49.1 Å². The number of halogens is 1. The van der Waals surface area contributed by atoms with E-state index in [1.807, 2.05) is 0 Å². The molecule has 0 radical (unpaired) electrons. The molecule has 0 bridgehead atoms. The summed E-state index contributed by atoms with van der Waals surface area (Å²) in [5.41, 5.74) is 6.65. The minimum absolute atomic E-state index is 0.139. The Labute approximate surface area is 140 Å². The van der Waals surface area contributed by atoms with Crippen molar-refractivity contribution in [3.63, 3.8) is 0 Å². The van der Waals surface area contributed by atoms with Crippen molar-refractivity contribution in [1.82, 2.24) is 0 Å². The van der Waals surface area contributed by atoms with Crippen LogP contribution < -0.4 is 10.5 Å². The monoisotopic (exact) mass is 400 g/mol. The SMILES string of the molecule is NC(=O)c1c(NS(=O)(=O)c2ccc(Br)cc2)sc2c1CCC2. The molecular formula is C14H13BrN2O3S2. The summed E-state index contributed by atoms with van der Waals surface area (Å²) in [5, 5.41) is 0.320. The zero-order valence-electron chi connectivity index (χ0n) is 11.4. The highest BCUT2D eigenvalue weighted by Crippen LogP contribution is 2.39. The van der Waals surface area contributed by atoms with Gasteiger partial charge in [-0.1, -0.05) is 15.9 Å². The topological polar surface area (TPSA) is 89.3 Å². The van der Waals surface area contributed by atoms with Gasteiger partial charge in [0.15, 0.2) is 0 Å². The van der Waals surface area contributed by atoms with Crippen LogP contribution in [-0.4, -0.2) is 14.3 Å². The van der Waals surface area contributed by atoms with Gasteiger partial charge in [0.2, 0.25) is 0 Å². The second-order valence-electron chi connectivity index (χ2n) is 4.99. The fourth-order valence-electron chi connectivity index (χ4n) is 2.53. The number of sulfonamides is 1. The van der Waals surface area contributed by atoms with E-state index in [4.69, 9.17) is 5.73 Å². The van der Waals surface area contributed by atoms with E-state index in [1.165, 1.54) is 23.5 Å². The van der Waals surface area contributed by atoms with E-state index in [1.54, 1.807) is 12.1 Å². The Balaban J connectivity index is 1.99. The zero-order valence-corrected chi connectivity index (χ0v) is 14.6. The molecule has 0 aliphatic heterocycles. The van der Waals surface area contributed by atoms with Gasteiger partial charge in [0.1, 0.15) is 5.00 Å². The molecule has 1 aromatic heterocycles. The van der Waals surface area contributed by atoms with E-state index >= 15 is 0 Å². The number of aryl methyl sites for hydroxylation is 1. The fraction of sp³-hybridized carbons (Fsp3) is 0.214. The summed E-state index contributed by atoms with van der Waals surface area (Å²) < 4.78 is 28.2. The first-order chi connectivity index (χ1) is 10.4. The highest BCUT2D eigenvalue weighted by Gasteiger charge is 2.27. The number of benzene rings is 1. The van der Waals surface area contributed by atoms with E-state index in [0.29, 0.717) is 10.6 Å². The van der Waals surface area contributed by atoms with Crippen LogP contribution in [0, 0.1) is 0 Å². The van der Waals surface area contributed by atoms with Gasteiger partial charge in [0.05, 0.1) is 10.5 Å². The highest BCUT2D eigenvalue weighted by atomic mass is 79.9. The quantitative estimate of drug-likeness (QED) is 0.826. The Bertz CT molecular complexity index is 842. The predicted molar refractivity (Wildman–Crippen MR) is 89.8 cm³/mol. The molecule has 0 fully saturated rings. The van der Waals surface area contributed by atoms with Crippen molar-refractivity contribution in [3.05, 3.63) is 44.7 Å². The molecule has 2 aromatic rings. The second-order valence-corrected chi connectivity index (χ2v) is 8.69. The number of hydrogen-bond acceptors (Lipinski definition) is 4. The lowest BCUT2D eigenvalue weighted by Crippen LogP contribution is -2.18. The normalized spacial score (nSPS) is 13.9. The Morgan fingerprint density at radius 1 is 1.23 bits per heavy atom. The molecule has 0 saturated carbocycles. The Morgan fingerprint density at radius 3 is 2.55 bits per heavy atom. The van der Waals surface area contributed by atoms with E-state index in [-0.39, 0.29) is 4.90 Å². The molecular weight excluding hydrogens is 388 g/mol. The number of hydrogen-bond donors (Lipinski definition) is 2. The number of primary amides is 1. The van der Waals surface area contributed by atoms with Crippen molar-refractivity contribution in [3.8, 4) is 0 Å². The molecule has 8 heteroatoms. The standard InChI is InChI=1S/C14H13BrN2O3S2/c15-8-4-6-9(7-5-8)22(19,20)17-14-12(13(16)18)10-2-1-3-11(10)21-14/h4-7,17H,1-3H2,(H2,16,18). The van der Waals surface area contributed by atoms with Gasteiger partial charge in [-0.3, -0.25) is 9.52 Å². The first-order valence-electron chi connectivity index (χ1n) is 6.61. The van der Waals surface area contributed by atoms with Gasteiger partial charge < -0.3 is 5.73 Å². The summed E-state index contributed by atoms with van der Waals surface area (Å²) in [6.07, 6.45) is 2.60. The lowest BCUT2D eigenvalue weighted by molar-refractivity contribution is 0.100. The van der Waals surface area contributed by atoms with Crippen LogP contribution in [0.2, 0.25) is 0 Å². The van der Waals surface area contributed by atoms with E-state index < -0.39 is 15.9 Å². The van der Waals surface area contributed by atoms with Crippen LogP contribution in [0.5, 0.6) is 0 Å². The van der Waals surface area contributed by atoms with Crippen LogP contribution in [-0.2, 0) is 22.9 Å². The van der Waals surface area contributed by atoms with Crippen LogP contribution >= 0.6 is 27.3 Å². The molecule has 116 valence electrons. The third kappa shape index (κ3) is 2.78. The molecule has 1 amide bonds. The van der Waals surface area contributed by atoms with Gasteiger partial charge in [0.25, 0.3) is 15.9 Å². The van der Waals surface area contributed by atoms with Crippen molar-refractivity contribution < 1.29 is 13.2 Å². The number of thiophene rings is 1. The van der Waals surface area contributed by atoms with Crippen molar-refractivity contribution in [1.29, 1.82) is 0 Å². The number of carbonyl (C=O) groups is 1. The Hall–Kier alpha value is -1.38. The number of nitrogens with two attached hydrogens (primary N) is 1. The molecule has 3 rings (SSSR count). The molecule has 3 N–H and O–H groups in total. The molecule has 0 unspecified atom stereocenters. The Morgan fingerprint density at radius 2 is 1.91 bits per heavy atom. The molecule has 0 atom stereocenters. The average Bonchev–Trinajstić information content (AvgIpc) is 2.98. The second kappa shape index (κ2) is 5.68. The summed E-state index contributed by atoms with van der Waals surface area (Å²) >= 11 is 4.57. The van der Waals surface area contributed by atoms with Crippen LogP contribution in [0.3, 0.4) is 0 Å². The first kappa shape index (κ1) is 15.5. The number of carbonyl (C=O) groups excluding carboxylic acids is 1. The van der Waals surface area contributed by atoms with Crippen molar-refractivity contribution in [2.75, 3.05) is 4.72 Å². The maximum absolute atomic E-state index is 12.4. The lowest BCUT2D eigenvalue weighted by atomic mass is 10.1. The third-order valence-electron chi connectivity index (χ3n) is 3.52. The van der Waals surface area contributed by atoms with Gasteiger partial charge in [-0.15, -0.1) is 11.3 Å². The number of nitrogens with one attached hydrogen (secondary N) is 1. The van der Waals surface area contributed by atoms with Crippen LogP contribution in [0.4, 0.5) is 5.00 Å². The van der Waals surface area contributed by atoms with E-state index in [0.717, 1.165) is 34.2 Å². The zero-order chi connectivity index (χ0) is 15.9. The van der Waals surface area contributed by atoms with Crippen LogP contribution in [0.15, 0.2) is 33.6 Å². The maximum Gasteiger partial charge on any atom is 0.262 e. The number of fused-ring (bicyclic) bond motifs is 1. The minimum atomic E-state index is -3.74. The molecule has 22 heavy (non-hydrogen) atoms. The number of anilines is 1. The van der Waals surface area contributed by atoms with Gasteiger partial charge in [-0.2, -0.15) is 0 Å². The lowest BCUT2D eigenvalue weighted by Gasteiger charge is -2.08. The molecule has 1 aliphatic rings. The Kier molecular flexibility index (Phi) is 4.00. The maximum atomic E-state index is 12.4. The predicted octanol–water partition coefficient (Wildman–Crippen LogP) is 2.90. The van der Waals surface area contributed by atoms with Crippen molar-refractivity contribution in [2.24, 2.45) is 5.73 Å². The first-order valence-corrected chi connectivity index (χ1v) is 9.70. The van der Waals surface area contributed by atoms with E-state index in [9.17, 15) is 13.2 Å². The molecule has 1 aliphatic carbocycles. The molecule has 5 nitrogen and oxygen atoms in total. The minimum Gasteiger partial charge on any atom is -0.365 e. The number of amides is 1. The summed E-state index contributed by atoms with van der Waals surface area (Å²) in [4.78, 5) is 12.9. The molecule has 1 heterocycles. The third-order valence-corrected chi connectivity index (χ3v) is 6.75. The summed E-state index contributed by atoms with van der Waals surface area (Å²) in [5.74, 6) is -0.590. The fourth-order valence-corrected chi connectivity index (χ4v) is 5.40. The average molecular weight is 401 g/mol. The largest absolute Gasteiger partial charge is 0.365 e. The molecule has 1 aromatic carbocycles. The van der Waals surface area contributed by atoms with Crippen molar-refractivity contribution >= 4 is 48.2 Å². The summed E-state index contributed by atoms with van der Waals surface area (Å²) in [6, 6.07) is 6.30. The van der Waals surface area contributed by atoms with E-state index in [2.05, 4.69) is 20.7 Å². The highest BCUT2D eigenvalue weighted by molar-refractivity contribution is 9.10. The number of rotatable bonds is 4. The summed E-state index contributed by atoms with van der Waals surface area (Å²) in [6.45, 7) is 0. The summed E-state index contributed by atoms with van der Waals surface area (Å²) in [7, 11) is -3.74. The van der Waals surface area contributed by atoms with Crippen LogP contribution in [0.1, 0.15) is 27.2 Å².